The Morgan fingerprint density at radius 2 is 2.18 bits per heavy atom. The van der Waals surface area contributed by atoms with E-state index in [4.69, 9.17) is 19.0 Å². The second kappa shape index (κ2) is 6.64. The van der Waals surface area contributed by atoms with Crippen LogP contribution in [0.25, 0.3) is 21.4 Å². The third kappa shape index (κ3) is 3.66. The van der Waals surface area contributed by atoms with Crippen LogP contribution in [0.4, 0.5) is 0 Å². The van der Waals surface area contributed by atoms with Gasteiger partial charge in [-0.3, -0.25) is 9.05 Å². The summed E-state index contributed by atoms with van der Waals surface area (Å²) >= 11 is 0. The van der Waals surface area contributed by atoms with Gasteiger partial charge >= 0.3 is 13.4 Å². The minimum atomic E-state index is -3.94. The maximum absolute atomic E-state index is 12.2. The summed E-state index contributed by atoms with van der Waals surface area (Å²) in [5.41, 5.74) is 8.68. The highest BCUT2D eigenvalue weighted by molar-refractivity contribution is 7.48. The maximum atomic E-state index is 12.2. The molecule has 10 heteroatoms. The van der Waals surface area contributed by atoms with Gasteiger partial charge in [-0.2, -0.15) is 0 Å². The monoisotopic (exact) mass is 325 g/mol. The molecule has 2 rings (SSSR count). The van der Waals surface area contributed by atoms with Crippen LogP contribution in [0.1, 0.15) is 5.56 Å². The molecule has 0 radical (unpaired) electrons. The topological polar surface area (TPSA) is 124 Å². The molecular weight excluding hydrogens is 313 g/mol. The van der Waals surface area contributed by atoms with E-state index in [1.807, 2.05) is 0 Å². The van der Waals surface area contributed by atoms with Crippen molar-refractivity contribution >= 4 is 18.8 Å². The second-order valence-corrected chi connectivity index (χ2v) is 5.82. The summed E-state index contributed by atoms with van der Waals surface area (Å²) in [4.78, 5) is 13.8. The van der Waals surface area contributed by atoms with Gasteiger partial charge < -0.3 is 8.94 Å². The number of azide groups is 1. The van der Waals surface area contributed by atoms with E-state index in [1.165, 1.54) is 18.2 Å². The van der Waals surface area contributed by atoms with E-state index in [0.717, 1.165) is 12.7 Å². The van der Waals surface area contributed by atoms with Crippen molar-refractivity contribution in [2.75, 3.05) is 13.8 Å². The Balaban J connectivity index is 2.32. The molecule has 0 aliphatic heterocycles. The molecule has 0 saturated carbocycles. The molecule has 0 spiro atoms. The summed E-state index contributed by atoms with van der Waals surface area (Å²) in [5.74, 6) is 0.118. The van der Waals surface area contributed by atoms with Crippen molar-refractivity contribution in [1.29, 1.82) is 0 Å². The quantitative estimate of drug-likeness (QED) is 0.263. The normalized spacial score (nSPS) is 13.4. The van der Waals surface area contributed by atoms with Crippen molar-refractivity contribution in [2.45, 2.75) is 6.92 Å². The highest BCUT2D eigenvalue weighted by atomic mass is 31.2. The minimum absolute atomic E-state index is 0.118. The van der Waals surface area contributed by atoms with Gasteiger partial charge in [-0.25, -0.2) is 9.36 Å². The van der Waals surface area contributed by atoms with Crippen LogP contribution in [0.2, 0.25) is 0 Å². The Hall–Kier alpha value is -2.31. The first-order valence-corrected chi connectivity index (χ1v) is 7.49. The van der Waals surface area contributed by atoms with Crippen molar-refractivity contribution in [1.82, 2.24) is 0 Å². The van der Waals surface area contributed by atoms with Gasteiger partial charge in [0.2, 0.25) is 0 Å². The van der Waals surface area contributed by atoms with Gasteiger partial charge in [-0.1, -0.05) is 5.11 Å². The van der Waals surface area contributed by atoms with E-state index in [-0.39, 0.29) is 11.3 Å². The van der Waals surface area contributed by atoms with Crippen LogP contribution < -0.4 is 10.1 Å². The van der Waals surface area contributed by atoms with E-state index < -0.39 is 20.2 Å². The molecule has 0 amide bonds. The Morgan fingerprint density at radius 1 is 1.41 bits per heavy atom. The van der Waals surface area contributed by atoms with Gasteiger partial charge in [0.15, 0.2) is 0 Å². The van der Waals surface area contributed by atoms with E-state index in [1.54, 1.807) is 13.0 Å². The van der Waals surface area contributed by atoms with Crippen LogP contribution in [-0.2, 0) is 13.6 Å². The van der Waals surface area contributed by atoms with Crippen LogP contribution in [0, 0.1) is 6.92 Å². The molecule has 0 N–H and O–H groups in total. The molecule has 116 valence electrons. The lowest BCUT2D eigenvalue weighted by atomic mass is 10.1. The van der Waals surface area contributed by atoms with Crippen LogP contribution in [0.5, 0.6) is 5.75 Å². The lowest BCUT2D eigenvalue weighted by Gasteiger charge is -2.15. The predicted molar refractivity (Wildman–Crippen MR) is 77.6 cm³/mol. The fraction of sp³-hybridized carbons (Fsp3) is 0.250. The number of phosphoric ester groups is 1. The maximum Gasteiger partial charge on any atom is 0.529 e. The summed E-state index contributed by atoms with van der Waals surface area (Å²) in [7, 11) is -2.81. The summed E-state index contributed by atoms with van der Waals surface area (Å²) in [5, 5.41) is 3.80. The molecular formula is C12H12N3O6P. The smallest absolute Gasteiger partial charge is 0.423 e. The predicted octanol–water partition coefficient (Wildman–Crippen LogP) is 3.52. The van der Waals surface area contributed by atoms with Crippen LogP contribution in [-0.4, -0.2) is 13.8 Å². The number of hydrogen-bond donors (Lipinski definition) is 0. The van der Waals surface area contributed by atoms with E-state index >= 15 is 0 Å². The summed E-state index contributed by atoms with van der Waals surface area (Å²) in [6.07, 6.45) is 0. The average molecular weight is 325 g/mol. The third-order valence-corrected chi connectivity index (χ3v) is 4.01. The Morgan fingerprint density at radius 3 is 2.86 bits per heavy atom. The van der Waals surface area contributed by atoms with Gasteiger partial charge in [-0.15, -0.1) is 0 Å². The summed E-state index contributed by atoms with van der Waals surface area (Å²) in [6, 6.07) is 5.94. The molecule has 2 aromatic rings. The molecule has 1 aromatic heterocycles. The SMILES string of the molecule is COP(=O)(OCN=[N+]=[N-])Oc1ccc2c(C)cc(=O)oc2c1. The first-order valence-electron chi connectivity index (χ1n) is 6.03. The van der Waals surface area contributed by atoms with Crippen molar-refractivity contribution in [2.24, 2.45) is 5.11 Å². The Labute approximate surface area is 124 Å². The zero-order chi connectivity index (χ0) is 16.2. The van der Waals surface area contributed by atoms with Crippen molar-refractivity contribution in [3.8, 4) is 5.75 Å². The lowest BCUT2D eigenvalue weighted by Crippen LogP contribution is -2.01. The number of rotatable bonds is 6. The Bertz CT molecular complexity index is 842. The molecule has 0 fully saturated rings. The van der Waals surface area contributed by atoms with E-state index in [0.29, 0.717) is 5.39 Å². The first kappa shape index (κ1) is 16.1. The molecule has 1 atom stereocenters. The van der Waals surface area contributed by atoms with Crippen molar-refractivity contribution in [3.05, 3.63) is 50.7 Å². The number of nitrogens with zero attached hydrogens (tertiary/aromatic N) is 3. The standard InChI is InChI=1S/C12H12N3O6P/c1-8-5-12(16)20-11-6-9(3-4-10(8)11)21-22(17,18-2)19-7-14-15-13/h3-6H,7H2,1-2H3. The molecule has 0 bridgehead atoms. The van der Waals surface area contributed by atoms with Crippen LogP contribution in [0.3, 0.4) is 0 Å². The van der Waals surface area contributed by atoms with Crippen molar-refractivity contribution in [3.63, 3.8) is 0 Å². The fourth-order valence-corrected chi connectivity index (χ4v) is 2.53. The van der Waals surface area contributed by atoms with E-state index in [9.17, 15) is 9.36 Å². The summed E-state index contributed by atoms with van der Waals surface area (Å²) < 4.78 is 31.8. The van der Waals surface area contributed by atoms with Gasteiger partial charge in [0.1, 0.15) is 18.1 Å². The number of aryl methyl sites for hydroxylation is 1. The molecule has 0 aliphatic carbocycles. The molecule has 1 unspecified atom stereocenters. The molecule has 0 saturated heterocycles. The van der Waals surface area contributed by atoms with Crippen LogP contribution in [0.15, 0.2) is 38.6 Å². The number of benzene rings is 1. The third-order valence-electron chi connectivity index (χ3n) is 2.70. The fourth-order valence-electron chi connectivity index (χ4n) is 1.73. The van der Waals surface area contributed by atoms with Gasteiger partial charge in [0, 0.05) is 29.5 Å². The highest BCUT2D eigenvalue weighted by Crippen LogP contribution is 2.48. The van der Waals surface area contributed by atoms with Crippen molar-refractivity contribution < 1.29 is 22.6 Å². The van der Waals surface area contributed by atoms with E-state index in [2.05, 4.69) is 14.5 Å². The summed E-state index contributed by atoms with van der Waals surface area (Å²) in [6.45, 7) is 1.26. The number of fused-ring (bicyclic) bond motifs is 1. The zero-order valence-electron chi connectivity index (χ0n) is 11.8. The zero-order valence-corrected chi connectivity index (χ0v) is 12.6. The minimum Gasteiger partial charge on any atom is -0.423 e. The highest BCUT2D eigenvalue weighted by Gasteiger charge is 2.26. The second-order valence-electron chi connectivity index (χ2n) is 4.12. The van der Waals surface area contributed by atoms with Crippen LogP contribution >= 0.6 is 7.82 Å². The van der Waals surface area contributed by atoms with Gasteiger partial charge in [-0.05, 0) is 30.2 Å². The average Bonchev–Trinajstić information content (AvgIpc) is 2.47. The Kier molecular flexibility index (Phi) is 4.85. The number of phosphoric acid groups is 1. The van der Waals surface area contributed by atoms with Gasteiger partial charge in [0.25, 0.3) is 0 Å². The first-order chi connectivity index (χ1) is 10.5. The lowest BCUT2D eigenvalue weighted by molar-refractivity contribution is 0.183. The number of hydrogen-bond acceptors (Lipinski definition) is 7. The van der Waals surface area contributed by atoms with Gasteiger partial charge in [0.05, 0.1) is 0 Å². The molecule has 1 aromatic carbocycles. The molecule has 22 heavy (non-hydrogen) atoms. The largest absolute Gasteiger partial charge is 0.529 e. The molecule has 1 heterocycles. The molecule has 9 nitrogen and oxygen atoms in total. The molecule has 0 aliphatic rings.